The highest BCUT2D eigenvalue weighted by molar-refractivity contribution is 6.17. The minimum absolute atomic E-state index is 0.205. The number of benzene rings is 1. The van der Waals surface area contributed by atoms with Crippen LogP contribution in [0.15, 0.2) is 36.8 Å². The van der Waals surface area contributed by atoms with Crippen molar-refractivity contribution in [1.82, 2.24) is 20.1 Å². The number of hydrogen-bond donors (Lipinski definition) is 2. The first-order valence-corrected chi connectivity index (χ1v) is 10.9. The fourth-order valence-corrected chi connectivity index (χ4v) is 4.89. The highest BCUT2D eigenvalue weighted by atomic mass is 19.1. The maximum atomic E-state index is 14.8. The van der Waals surface area contributed by atoms with Gasteiger partial charge in [0.25, 0.3) is 0 Å². The van der Waals surface area contributed by atoms with Crippen molar-refractivity contribution in [2.45, 2.75) is 38.3 Å². The molecule has 6 nitrogen and oxygen atoms in total. The van der Waals surface area contributed by atoms with Gasteiger partial charge in [0.15, 0.2) is 5.78 Å². The summed E-state index contributed by atoms with van der Waals surface area (Å²) in [6, 6.07) is 5.08. The van der Waals surface area contributed by atoms with E-state index in [0.717, 1.165) is 48.0 Å². The molecule has 1 unspecified atom stereocenters. The summed E-state index contributed by atoms with van der Waals surface area (Å²) >= 11 is 0. The van der Waals surface area contributed by atoms with Crippen LogP contribution in [0.4, 0.5) is 4.39 Å². The summed E-state index contributed by atoms with van der Waals surface area (Å²) in [5.41, 5.74) is 8.55. The molecule has 164 valence electrons. The largest absolute Gasteiger partial charge is 0.317 e. The summed E-state index contributed by atoms with van der Waals surface area (Å²) in [6.45, 7) is 5.69. The lowest BCUT2D eigenvalue weighted by Crippen LogP contribution is -2.50. The molecule has 1 atom stereocenters. The van der Waals surface area contributed by atoms with Gasteiger partial charge in [-0.05, 0) is 68.8 Å². The lowest BCUT2D eigenvalue weighted by molar-refractivity contribution is -0.116. The van der Waals surface area contributed by atoms with E-state index in [1.807, 2.05) is 11.6 Å². The maximum absolute atomic E-state index is 14.8. The Hall–Kier alpha value is -3.16. The van der Waals surface area contributed by atoms with Crippen LogP contribution < -0.4 is 21.5 Å². The van der Waals surface area contributed by atoms with E-state index in [1.54, 1.807) is 37.5 Å². The van der Waals surface area contributed by atoms with E-state index in [9.17, 15) is 9.18 Å². The molecule has 3 aromatic rings. The fraction of sp³-hybridized carbons (Fsp3) is 0.320. The molecule has 2 aliphatic rings. The first-order valence-electron chi connectivity index (χ1n) is 10.9. The van der Waals surface area contributed by atoms with E-state index in [4.69, 9.17) is 10.8 Å². The van der Waals surface area contributed by atoms with Crippen LogP contribution >= 0.6 is 0 Å². The van der Waals surface area contributed by atoms with Gasteiger partial charge in [0.05, 0.1) is 11.7 Å². The fourth-order valence-electron chi connectivity index (χ4n) is 4.89. The number of nitrogens with zero attached hydrogens (tertiary/aromatic N) is 3. The number of carbonyl (C=O) groups is 1. The predicted molar refractivity (Wildman–Crippen MR) is 122 cm³/mol. The summed E-state index contributed by atoms with van der Waals surface area (Å²) in [5.74, 6) is -0.848. The number of piperidine rings is 1. The monoisotopic (exact) mass is 431 g/mol. The van der Waals surface area contributed by atoms with E-state index in [-0.39, 0.29) is 11.3 Å². The predicted octanol–water partition coefficient (Wildman–Crippen LogP) is 1.62. The number of Topliss-reactive ketones (excluding diaryl/α,β-unsaturated/α-hetero) is 1. The van der Waals surface area contributed by atoms with Gasteiger partial charge < -0.3 is 11.1 Å². The Morgan fingerprint density at radius 1 is 1.19 bits per heavy atom. The molecule has 2 aromatic heterocycles. The van der Waals surface area contributed by atoms with E-state index in [2.05, 4.69) is 16.5 Å². The van der Waals surface area contributed by atoms with Crippen molar-refractivity contribution in [2.75, 3.05) is 13.1 Å². The van der Waals surface area contributed by atoms with Crippen LogP contribution in [0.25, 0.3) is 23.3 Å². The van der Waals surface area contributed by atoms with Crippen molar-refractivity contribution < 1.29 is 9.18 Å². The van der Waals surface area contributed by atoms with Crippen LogP contribution in [0.1, 0.15) is 35.7 Å². The number of hydrogen-bond acceptors (Lipinski definition) is 5. The van der Waals surface area contributed by atoms with Crippen LogP contribution in [-0.2, 0) is 10.3 Å². The number of halogens is 1. The van der Waals surface area contributed by atoms with Crippen molar-refractivity contribution in [3.05, 3.63) is 69.9 Å². The van der Waals surface area contributed by atoms with E-state index < -0.39 is 11.4 Å². The molecule has 32 heavy (non-hydrogen) atoms. The van der Waals surface area contributed by atoms with Gasteiger partial charge in [-0.15, -0.1) is 0 Å². The van der Waals surface area contributed by atoms with E-state index in [1.165, 1.54) is 12.1 Å². The molecular weight excluding hydrogens is 405 g/mol. The second kappa shape index (κ2) is 7.76. The molecule has 1 aliphatic heterocycles. The lowest BCUT2D eigenvalue weighted by Gasteiger charge is -2.28. The van der Waals surface area contributed by atoms with Crippen molar-refractivity contribution >= 4 is 17.9 Å². The molecule has 0 radical (unpaired) electrons. The Balaban J connectivity index is 1.70. The number of ketones is 1. The SMILES string of the molecule is Cc1cccc(F)c1C1(N)C=c2c(-c3cn(C4CCNCC4)nc3C)cncc2=CC1=O. The molecule has 1 aromatic carbocycles. The van der Waals surface area contributed by atoms with E-state index >= 15 is 0 Å². The minimum atomic E-state index is -1.59. The highest BCUT2D eigenvalue weighted by Gasteiger charge is 2.38. The summed E-state index contributed by atoms with van der Waals surface area (Å²) in [4.78, 5) is 17.4. The number of aryl methyl sites for hydroxylation is 2. The van der Waals surface area contributed by atoms with Crippen LogP contribution in [0.5, 0.6) is 0 Å². The van der Waals surface area contributed by atoms with Crippen molar-refractivity contribution in [3.8, 4) is 11.1 Å². The Labute approximate surface area is 185 Å². The number of pyridine rings is 1. The number of nitrogens with one attached hydrogen (secondary N) is 1. The summed E-state index contributed by atoms with van der Waals surface area (Å²) < 4.78 is 16.9. The summed E-state index contributed by atoms with van der Waals surface area (Å²) in [6.07, 6.45) is 10.7. The Bertz CT molecular complexity index is 1320. The number of nitrogens with two attached hydrogens (primary N) is 1. The molecular formula is C25H26FN5O. The quantitative estimate of drug-likeness (QED) is 0.658. The zero-order valence-corrected chi connectivity index (χ0v) is 18.2. The average Bonchev–Trinajstić information content (AvgIpc) is 3.16. The average molecular weight is 432 g/mol. The molecule has 0 amide bonds. The number of fused-ring (bicyclic) bond motifs is 1. The number of rotatable bonds is 3. The third-order valence-electron chi connectivity index (χ3n) is 6.61. The second-order valence-electron chi connectivity index (χ2n) is 8.73. The van der Waals surface area contributed by atoms with Gasteiger partial charge in [0, 0.05) is 40.5 Å². The Kier molecular flexibility index (Phi) is 5.03. The van der Waals surface area contributed by atoms with Crippen molar-refractivity contribution in [1.29, 1.82) is 0 Å². The van der Waals surface area contributed by atoms with Gasteiger partial charge >= 0.3 is 0 Å². The highest BCUT2D eigenvalue weighted by Crippen LogP contribution is 2.30. The van der Waals surface area contributed by atoms with Gasteiger partial charge in [-0.1, -0.05) is 12.1 Å². The number of aromatic nitrogens is 3. The summed E-state index contributed by atoms with van der Waals surface area (Å²) in [5, 5.41) is 9.61. The first-order chi connectivity index (χ1) is 15.4. The van der Waals surface area contributed by atoms with E-state index in [0.29, 0.717) is 16.8 Å². The standard InChI is InChI=1S/C25H26FN5O/c1-15-4-3-5-22(26)24(15)25(27)11-19-17(10-23(25)32)12-29-13-20(19)21-14-31(30-16(21)2)18-6-8-28-9-7-18/h3-5,10-14,18,28H,6-9,27H2,1-2H3. The molecule has 3 N–H and O–H groups in total. The van der Waals surface area contributed by atoms with Gasteiger partial charge in [-0.25, -0.2) is 4.39 Å². The normalized spacial score (nSPS) is 21.1. The third kappa shape index (κ3) is 3.29. The van der Waals surface area contributed by atoms with Crippen LogP contribution in [-0.4, -0.2) is 33.6 Å². The Morgan fingerprint density at radius 2 is 1.97 bits per heavy atom. The zero-order valence-electron chi connectivity index (χ0n) is 18.2. The van der Waals surface area contributed by atoms with Gasteiger partial charge in [0.2, 0.25) is 0 Å². The van der Waals surface area contributed by atoms with Crippen molar-refractivity contribution in [3.63, 3.8) is 0 Å². The molecule has 1 saturated heterocycles. The molecule has 3 heterocycles. The molecule has 0 saturated carbocycles. The molecule has 1 fully saturated rings. The second-order valence-corrected chi connectivity index (χ2v) is 8.73. The maximum Gasteiger partial charge on any atom is 0.184 e. The van der Waals surface area contributed by atoms with Gasteiger partial charge in [-0.3, -0.25) is 14.5 Å². The zero-order chi connectivity index (χ0) is 22.5. The molecule has 5 rings (SSSR count). The smallest absolute Gasteiger partial charge is 0.184 e. The van der Waals surface area contributed by atoms with Crippen LogP contribution in [0, 0.1) is 19.7 Å². The molecule has 0 bridgehead atoms. The van der Waals surface area contributed by atoms with Gasteiger partial charge in [0.1, 0.15) is 11.4 Å². The molecule has 7 heteroatoms. The lowest BCUT2D eigenvalue weighted by atomic mass is 9.79. The minimum Gasteiger partial charge on any atom is -0.317 e. The first kappa shape index (κ1) is 20.7. The molecule has 1 aliphatic carbocycles. The van der Waals surface area contributed by atoms with Gasteiger partial charge in [-0.2, -0.15) is 5.10 Å². The van der Waals surface area contributed by atoms with Crippen molar-refractivity contribution in [2.24, 2.45) is 5.73 Å². The van der Waals surface area contributed by atoms with Crippen LogP contribution in [0.2, 0.25) is 0 Å². The third-order valence-corrected chi connectivity index (χ3v) is 6.61. The Morgan fingerprint density at radius 3 is 2.72 bits per heavy atom. The van der Waals surface area contributed by atoms with Crippen LogP contribution in [0.3, 0.4) is 0 Å². The number of carbonyl (C=O) groups excluding carboxylic acids is 1. The topological polar surface area (TPSA) is 85.8 Å². The summed E-state index contributed by atoms with van der Waals surface area (Å²) in [7, 11) is 0. The molecule has 0 spiro atoms.